The molecule has 0 bridgehead atoms. The van der Waals surface area contributed by atoms with Gasteiger partial charge in [-0.15, -0.1) is 0 Å². The van der Waals surface area contributed by atoms with Crippen molar-refractivity contribution in [2.24, 2.45) is 0 Å². The molecule has 3 N–H and O–H groups in total. The first-order valence-corrected chi connectivity index (χ1v) is 9.30. The summed E-state index contributed by atoms with van der Waals surface area (Å²) < 4.78 is 73.5. The Bertz CT molecular complexity index is 1160. The molecule has 32 heavy (non-hydrogen) atoms. The van der Waals surface area contributed by atoms with E-state index in [0.29, 0.717) is 25.1 Å². The number of halogens is 5. The van der Waals surface area contributed by atoms with Crippen molar-refractivity contribution < 1.29 is 36.3 Å². The molecule has 1 saturated heterocycles. The van der Waals surface area contributed by atoms with Crippen LogP contribution < -0.4 is 15.5 Å². The molecule has 2 amide bonds. The van der Waals surface area contributed by atoms with E-state index in [2.05, 4.69) is 15.3 Å². The van der Waals surface area contributed by atoms with E-state index in [1.165, 1.54) is 19.3 Å². The SMILES string of the molecule is Cc1c([C@H](NC(=O)Nc2cnc(N3CC(O)C3)nc2)C(F)(F)F)oc2c(F)cc(F)cc12. The molecule has 0 spiro atoms. The van der Waals surface area contributed by atoms with Gasteiger partial charge < -0.3 is 25.1 Å². The highest BCUT2D eigenvalue weighted by molar-refractivity contribution is 5.89. The van der Waals surface area contributed by atoms with E-state index in [1.807, 2.05) is 0 Å². The molecule has 2 aromatic heterocycles. The number of fused-ring (bicyclic) bond motifs is 1. The maximum atomic E-state index is 13.9. The monoisotopic (exact) mass is 457 g/mol. The number of amides is 2. The predicted octanol–water partition coefficient (Wildman–Crippen LogP) is 3.42. The lowest BCUT2D eigenvalue weighted by Gasteiger charge is -2.35. The number of carbonyl (C=O) groups excluding carboxylic acids is 1. The Hall–Kier alpha value is -3.48. The highest BCUT2D eigenvalue weighted by atomic mass is 19.4. The van der Waals surface area contributed by atoms with E-state index in [9.17, 15) is 31.9 Å². The third kappa shape index (κ3) is 4.15. The molecular weight excluding hydrogens is 441 g/mol. The Morgan fingerprint density at radius 3 is 2.50 bits per heavy atom. The number of alkyl halides is 3. The summed E-state index contributed by atoms with van der Waals surface area (Å²) in [5, 5.41) is 13.0. The van der Waals surface area contributed by atoms with Crippen LogP contribution >= 0.6 is 0 Å². The van der Waals surface area contributed by atoms with Crippen molar-refractivity contribution in [1.29, 1.82) is 0 Å². The molecule has 1 fully saturated rings. The normalized spacial score (nSPS) is 15.5. The number of aryl methyl sites for hydroxylation is 1. The molecule has 1 aliphatic heterocycles. The fourth-order valence-corrected chi connectivity index (χ4v) is 3.30. The number of aliphatic hydroxyl groups excluding tert-OH is 1. The van der Waals surface area contributed by atoms with Gasteiger partial charge in [-0.2, -0.15) is 13.2 Å². The van der Waals surface area contributed by atoms with Crippen LogP contribution in [0.4, 0.5) is 38.4 Å². The first-order chi connectivity index (χ1) is 15.0. The van der Waals surface area contributed by atoms with Crippen LogP contribution in [0.1, 0.15) is 17.4 Å². The van der Waals surface area contributed by atoms with E-state index < -0.39 is 47.3 Å². The molecule has 3 aromatic rings. The summed E-state index contributed by atoms with van der Waals surface area (Å²) in [6.45, 7) is 1.90. The van der Waals surface area contributed by atoms with E-state index in [1.54, 1.807) is 10.2 Å². The van der Waals surface area contributed by atoms with Gasteiger partial charge in [-0.25, -0.2) is 23.5 Å². The number of nitrogens with one attached hydrogen (secondary N) is 2. The van der Waals surface area contributed by atoms with Crippen LogP contribution in [0.15, 0.2) is 28.9 Å². The fraction of sp³-hybridized carbons (Fsp3) is 0.316. The Labute approximate surface area is 177 Å². The number of rotatable bonds is 4. The summed E-state index contributed by atoms with van der Waals surface area (Å²) in [7, 11) is 0. The number of hydrogen-bond acceptors (Lipinski definition) is 6. The van der Waals surface area contributed by atoms with Crippen molar-refractivity contribution in [2.45, 2.75) is 25.2 Å². The van der Waals surface area contributed by atoms with Crippen molar-refractivity contribution in [3.8, 4) is 0 Å². The van der Waals surface area contributed by atoms with Crippen LogP contribution in [0.3, 0.4) is 0 Å². The summed E-state index contributed by atoms with van der Waals surface area (Å²) in [5.74, 6) is -2.61. The summed E-state index contributed by atoms with van der Waals surface area (Å²) in [6, 6.07) is -2.53. The van der Waals surface area contributed by atoms with Crippen LogP contribution in [0, 0.1) is 18.6 Å². The van der Waals surface area contributed by atoms with Crippen molar-refractivity contribution >= 4 is 28.6 Å². The Balaban J connectivity index is 1.53. The first kappa shape index (κ1) is 21.7. The molecule has 13 heteroatoms. The lowest BCUT2D eigenvalue weighted by Crippen LogP contribution is -2.51. The predicted molar refractivity (Wildman–Crippen MR) is 102 cm³/mol. The molecule has 3 heterocycles. The van der Waals surface area contributed by atoms with Gasteiger partial charge in [0.2, 0.25) is 5.95 Å². The first-order valence-electron chi connectivity index (χ1n) is 9.30. The average molecular weight is 457 g/mol. The summed E-state index contributed by atoms with van der Waals surface area (Å²) in [5.41, 5.74) is -0.691. The van der Waals surface area contributed by atoms with E-state index in [0.717, 1.165) is 6.07 Å². The minimum atomic E-state index is -5.00. The lowest BCUT2D eigenvalue weighted by molar-refractivity contribution is -0.158. The molecule has 1 atom stereocenters. The number of carbonyl (C=O) groups is 1. The molecular formula is C19H16F5N5O3. The van der Waals surface area contributed by atoms with Crippen LogP contribution in [0.5, 0.6) is 0 Å². The largest absolute Gasteiger partial charge is 0.455 e. The van der Waals surface area contributed by atoms with Gasteiger partial charge in [0.05, 0.1) is 24.2 Å². The number of furan rings is 1. The molecule has 0 aliphatic carbocycles. The van der Waals surface area contributed by atoms with Gasteiger partial charge in [-0.1, -0.05) is 0 Å². The van der Waals surface area contributed by atoms with Gasteiger partial charge >= 0.3 is 12.2 Å². The smallest absolute Gasteiger partial charge is 0.416 e. The zero-order chi connectivity index (χ0) is 23.2. The van der Waals surface area contributed by atoms with Gasteiger partial charge in [-0.3, -0.25) is 0 Å². The number of aromatic nitrogens is 2. The second kappa shape index (κ2) is 7.89. The Kier molecular flexibility index (Phi) is 5.36. The standard InChI is InChI=1S/C19H16F5N5O3/c1-8-12-2-9(20)3-13(21)15(12)32-14(8)16(19(22,23)24)28-18(31)27-10-4-25-17(26-5-10)29-6-11(30)7-29/h2-5,11,16,30H,6-7H2,1H3,(H2,27,28,31)/t16-/m0/s1. The second-order valence-electron chi connectivity index (χ2n) is 7.26. The number of anilines is 2. The summed E-state index contributed by atoms with van der Waals surface area (Å²) >= 11 is 0. The highest BCUT2D eigenvalue weighted by Gasteiger charge is 2.45. The van der Waals surface area contributed by atoms with Gasteiger partial charge in [0, 0.05) is 30.1 Å². The Morgan fingerprint density at radius 1 is 1.25 bits per heavy atom. The number of benzene rings is 1. The number of urea groups is 1. The van der Waals surface area contributed by atoms with Crippen molar-refractivity contribution in [3.63, 3.8) is 0 Å². The van der Waals surface area contributed by atoms with E-state index >= 15 is 0 Å². The third-order valence-corrected chi connectivity index (χ3v) is 4.90. The van der Waals surface area contributed by atoms with Crippen LogP contribution in [-0.2, 0) is 0 Å². The molecule has 0 radical (unpaired) electrons. The summed E-state index contributed by atoms with van der Waals surface area (Å²) in [6.07, 6.45) is -3.09. The van der Waals surface area contributed by atoms with Gasteiger partial charge in [0.15, 0.2) is 17.4 Å². The maximum Gasteiger partial charge on any atom is 0.416 e. The lowest BCUT2D eigenvalue weighted by atomic mass is 10.1. The molecule has 1 aromatic carbocycles. The topological polar surface area (TPSA) is 104 Å². The van der Waals surface area contributed by atoms with Crippen LogP contribution in [0.2, 0.25) is 0 Å². The third-order valence-electron chi connectivity index (χ3n) is 4.90. The number of aliphatic hydroxyl groups is 1. The molecule has 1 aliphatic rings. The second-order valence-corrected chi connectivity index (χ2v) is 7.26. The minimum absolute atomic E-state index is 0.0164. The zero-order valence-electron chi connectivity index (χ0n) is 16.4. The summed E-state index contributed by atoms with van der Waals surface area (Å²) in [4.78, 5) is 21.8. The van der Waals surface area contributed by atoms with Crippen molar-refractivity contribution in [2.75, 3.05) is 23.3 Å². The number of hydrogen-bond donors (Lipinski definition) is 3. The van der Waals surface area contributed by atoms with Crippen molar-refractivity contribution in [1.82, 2.24) is 15.3 Å². The van der Waals surface area contributed by atoms with Gasteiger partial charge in [0.1, 0.15) is 11.6 Å². The van der Waals surface area contributed by atoms with Crippen molar-refractivity contribution in [3.05, 3.63) is 47.5 Å². The van der Waals surface area contributed by atoms with Crippen LogP contribution in [-0.4, -0.2) is 46.5 Å². The fourth-order valence-electron chi connectivity index (χ4n) is 3.30. The quantitative estimate of drug-likeness (QED) is 0.519. The average Bonchev–Trinajstić information content (AvgIpc) is 3.00. The zero-order valence-corrected chi connectivity index (χ0v) is 16.4. The minimum Gasteiger partial charge on any atom is -0.455 e. The maximum absolute atomic E-state index is 13.9. The highest BCUT2D eigenvalue weighted by Crippen LogP contribution is 2.39. The molecule has 8 nitrogen and oxygen atoms in total. The van der Waals surface area contributed by atoms with E-state index in [4.69, 9.17) is 4.42 Å². The number of β-amino-alcohol motifs (C(OH)–C–C–N with tert-alkyl or cyclic N) is 1. The van der Waals surface area contributed by atoms with Gasteiger partial charge in [0.25, 0.3) is 0 Å². The molecule has 170 valence electrons. The molecule has 4 rings (SSSR count). The van der Waals surface area contributed by atoms with E-state index in [-0.39, 0.29) is 16.6 Å². The van der Waals surface area contributed by atoms with Crippen LogP contribution in [0.25, 0.3) is 11.0 Å². The molecule has 0 unspecified atom stereocenters. The number of nitrogens with zero attached hydrogens (tertiary/aromatic N) is 3. The molecule has 0 saturated carbocycles. The van der Waals surface area contributed by atoms with Gasteiger partial charge in [-0.05, 0) is 13.0 Å². The Morgan fingerprint density at radius 2 is 1.91 bits per heavy atom.